The molecule has 0 N–H and O–H groups in total. The topological polar surface area (TPSA) is 52.6 Å². The molecular formula is C8H4F2O4. The van der Waals surface area contributed by atoms with E-state index in [1.807, 2.05) is 0 Å². The molecule has 0 amide bonds. The standard InChI is InChI=1S/C8H4F2O4/c9-7(11)13-5-1-2-6(4-3-5)14-8(10)12/h1-4H. The molecule has 0 aliphatic heterocycles. The molecule has 0 saturated carbocycles. The molecule has 0 bridgehead atoms. The van der Waals surface area contributed by atoms with Crippen LogP contribution in [0.1, 0.15) is 0 Å². The molecule has 14 heavy (non-hydrogen) atoms. The summed E-state index contributed by atoms with van der Waals surface area (Å²) < 4.78 is 31.5. The van der Waals surface area contributed by atoms with Gasteiger partial charge in [0, 0.05) is 0 Å². The van der Waals surface area contributed by atoms with Crippen LogP contribution in [0, 0.1) is 0 Å². The summed E-state index contributed by atoms with van der Waals surface area (Å²) in [4.78, 5) is 19.7. The number of rotatable bonds is 2. The summed E-state index contributed by atoms with van der Waals surface area (Å²) in [6.07, 6.45) is -3.92. The second-order valence-electron chi connectivity index (χ2n) is 2.15. The van der Waals surface area contributed by atoms with Crippen LogP contribution in [-0.4, -0.2) is 12.4 Å². The molecule has 1 aromatic rings. The van der Waals surface area contributed by atoms with Crippen molar-refractivity contribution < 1.29 is 27.8 Å². The third-order valence-corrected chi connectivity index (χ3v) is 1.22. The van der Waals surface area contributed by atoms with E-state index in [0.717, 1.165) is 24.3 Å². The van der Waals surface area contributed by atoms with Crippen molar-refractivity contribution in [3.8, 4) is 11.5 Å². The minimum atomic E-state index is -1.96. The van der Waals surface area contributed by atoms with Crippen molar-refractivity contribution in [2.75, 3.05) is 0 Å². The monoisotopic (exact) mass is 202 g/mol. The Kier molecular flexibility index (Phi) is 3.11. The average molecular weight is 202 g/mol. The molecule has 0 radical (unpaired) electrons. The Morgan fingerprint density at radius 1 is 0.857 bits per heavy atom. The molecule has 1 rings (SSSR count). The van der Waals surface area contributed by atoms with E-state index < -0.39 is 12.4 Å². The number of hydrogen-bond donors (Lipinski definition) is 0. The van der Waals surface area contributed by atoms with Gasteiger partial charge in [0.05, 0.1) is 0 Å². The van der Waals surface area contributed by atoms with Gasteiger partial charge < -0.3 is 9.47 Å². The van der Waals surface area contributed by atoms with Gasteiger partial charge >= 0.3 is 12.4 Å². The molecule has 0 aliphatic rings. The van der Waals surface area contributed by atoms with Gasteiger partial charge in [-0.15, -0.1) is 8.78 Å². The van der Waals surface area contributed by atoms with Gasteiger partial charge in [-0.1, -0.05) is 0 Å². The first-order valence-electron chi connectivity index (χ1n) is 3.42. The summed E-state index contributed by atoms with van der Waals surface area (Å²) in [6, 6.07) is 4.59. The first-order chi connectivity index (χ1) is 6.58. The van der Waals surface area contributed by atoms with Crippen LogP contribution in [0.5, 0.6) is 11.5 Å². The second-order valence-corrected chi connectivity index (χ2v) is 2.15. The molecule has 6 heteroatoms. The highest BCUT2D eigenvalue weighted by Gasteiger charge is 2.04. The molecule has 0 unspecified atom stereocenters. The molecule has 0 aliphatic carbocycles. The normalized spacial score (nSPS) is 9.29. The number of ether oxygens (including phenoxy) is 2. The first kappa shape index (κ1) is 10.1. The fourth-order valence-electron chi connectivity index (χ4n) is 0.761. The van der Waals surface area contributed by atoms with Crippen LogP contribution in [0.2, 0.25) is 0 Å². The third-order valence-electron chi connectivity index (χ3n) is 1.22. The predicted molar refractivity (Wildman–Crippen MR) is 40.7 cm³/mol. The largest absolute Gasteiger partial charge is 0.500 e. The minimum absolute atomic E-state index is 0.0730. The Bertz CT molecular complexity index is 312. The maximum Gasteiger partial charge on any atom is 0.500 e. The van der Waals surface area contributed by atoms with Crippen molar-refractivity contribution in [2.24, 2.45) is 0 Å². The lowest BCUT2D eigenvalue weighted by Crippen LogP contribution is -1.99. The SMILES string of the molecule is O=C(F)Oc1ccc(OC(=O)F)cc1. The maximum absolute atomic E-state index is 11.7. The first-order valence-corrected chi connectivity index (χ1v) is 3.42. The van der Waals surface area contributed by atoms with Crippen molar-refractivity contribution in [1.29, 1.82) is 0 Å². The molecule has 0 saturated heterocycles. The molecule has 1 aromatic carbocycles. The van der Waals surface area contributed by atoms with Gasteiger partial charge in [0.2, 0.25) is 0 Å². The van der Waals surface area contributed by atoms with Crippen LogP contribution in [0.4, 0.5) is 18.4 Å². The fraction of sp³-hybridized carbons (Fsp3) is 0. The van der Waals surface area contributed by atoms with E-state index in [1.54, 1.807) is 0 Å². The van der Waals surface area contributed by atoms with E-state index >= 15 is 0 Å². The Morgan fingerprint density at radius 3 is 1.36 bits per heavy atom. The lowest BCUT2D eigenvalue weighted by atomic mass is 10.3. The molecule has 4 nitrogen and oxygen atoms in total. The smallest absolute Gasteiger partial charge is 0.401 e. The maximum atomic E-state index is 11.7. The number of halogens is 2. The van der Waals surface area contributed by atoms with E-state index in [4.69, 9.17) is 0 Å². The van der Waals surface area contributed by atoms with E-state index in [-0.39, 0.29) is 11.5 Å². The molecule has 0 spiro atoms. The summed E-state index contributed by atoms with van der Waals surface area (Å²) in [6.45, 7) is 0. The van der Waals surface area contributed by atoms with Crippen molar-refractivity contribution in [1.82, 2.24) is 0 Å². The summed E-state index contributed by atoms with van der Waals surface area (Å²) in [5.41, 5.74) is 0. The van der Waals surface area contributed by atoms with Gasteiger partial charge in [-0.05, 0) is 24.3 Å². The number of benzene rings is 1. The Balaban J connectivity index is 2.68. The van der Waals surface area contributed by atoms with Crippen LogP contribution in [-0.2, 0) is 0 Å². The summed E-state index contributed by atoms with van der Waals surface area (Å²) >= 11 is 0. The average Bonchev–Trinajstić information content (AvgIpc) is 2.06. The van der Waals surface area contributed by atoms with Crippen molar-refractivity contribution in [3.05, 3.63) is 24.3 Å². The van der Waals surface area contributed by atoms with Gasteiger partial charge in [0.1, 0.15) is 11.5 Å². The molecule has 0 fully saturated rings. The zero-order valence-electron chi connectivity index (χ0n) is 6.70. The molecule has 74 valence electrons. The summed E-state index contributed by atoms with van der Waals surface area (Å²) in [7, 11) is 0. The Morgan fingerprint density at radius 2 is 1.14 bits per heavy atom. The highest BCUT2D eigenvalue weighted by molar-refractivity contribution is 5.63. The van der Waals surface area contributed by atoms with Crippen molar-refractivity contribution >= 4 is 12.4 Å². The van der Waals surface area contributed by atoms with Crippen LogP contribution in [0.15, 0.2) is 24.3 Å². The van der Waals surface area contributed by atoms with Crippen LogP contribution >= 0.6 is 0 Å². The van der Waals surface area contributed by atoms with E-state index in [0.29, 0.717) is 0 Å². The third kappa shape index (κ3) is 3.18. The minimum Gasteiger partial charge on any atom is -0.401 e. The second kappa shape index (κ2) is 4.31. The van der Waals surface area contributed by atoms with E-state index in [2.05, 4.69) is 9.47 Å². The van der Waals surface area contributed by atoms with Crippen molar-refractivity contribution in [2.45, 2.75) is 0 Å². The Hall–Kier alpha value is -1.98. The lowest BCUT2D eigenvalue weighted by Gasteiger charge is -2.00. The zero-order valence-corrected chi connectivity index (χ0v) is 6.70. The van der Waals surface area contributed by atoms with Gasteiger partial charge in [-0.25, -0.2) is 9.59 Å². The summed E-state index contributed by atoms with van der Waals surface area (Å²) in [5, 5.41) is 0. The predicted octanol–water partition coefficient (Wildman–Crippen LogP) is 2.62. The van der Waals surface area contributed by atoms with Crippen LogP contribution in [0.3, 0.4) is 0 Å². The fourth-order valence-corrected chi connectivity index (χ4v) is 0.761. The van der Waals surface area contributed by atoms with Crippen molar-refractivity contribution in [3.63, 3.8) is 0 Å². The van der Waals surface area contributed by atoms with Crippen LogP contribution in [0.25, 0.3) is 0 Å². The number of carbonyl (C=O) groups is 2. The number of carbonyl (C=O) groups excluding carboxylic acids is 2. The van der Waals surface area contributed by atoms with Gasteiger partial charge in [-0.2, -0.15) is 0 Å². The highest BCUT2D eigenvalue weighted by Crippen LogP contribution is 2.18. The number of hydrogen-bond acceptors (Lipinski definition) is 4. The van der Waals surface area contributed by atoms with E-state index in [1.165, 1.54) is 0 Å². The van der Waals surface area contributed by atoms with Gasteiger partial charge in [0.15, 0.2) is 0 Å². The summed E-state index contributed by atoms with van der Waals surface area (Å²) in [5.74, 6) is -0.146. The highest BCUT2D eigenvalue weighted by atomic mass is 19.2. The van der Waals surface area contributed by atoms with E-state index in [9.17, 15) is 18.4 Å². The van der Waals surface area contributed by atoms with Crippen LogP contribution < -0.4 is 9.47 Å². The molecule has 0 atom stereocenters. The lowest BCUT2D eigenvalue weighted by molar-refractivity contribution is 0.173. The van der Waals surface area contributed by atoms with Gasteiger partial charge in [-0.3, -0.25) is 0 Å². The zero-order chi connectivity index (χ0) is 10.6. The Labute approximate surface area is 77.0 Å². The molecule has 0 aromatic heterocycles. The quantitative estimate of drug-likeness (QED) is 0.691. The molecule has 0 heterocycles. The van der Waals surface area contributed by atoms with Gasteiger partial charge in [0.25, 0.3) is 0 Å². The molecular weight excluding hydrogens is 198 g/mol.